The number of nitrogens with two attached hydrogens (primary N) is 1. The molecule has 0 atom stereocenters. The minimum absolute atomic E-state index is 0.0767. The number of aromatic hydroxyl groups is 1. The van der Waals surface area contributed by atoms with Crippen molar-refractivity contribution in [1.29, 1.82) is 0 Å². The summed E-state index contributed by atoms with van der Waals surface area (Å²) in [6.45, 7) is 4.58. The first kappa shape index (κ1) is 19.5. The van der Waals surface area contributed by atoms with Gasteiger partial charge in [0.25, 0.3) is 5.91 Å². The van der Waals surface area contributed by atoms with Gasteiger partial charge in [-0.2, -0.15) is 0 Å². The third-order valence-corrected chi connectivity index (χ3v) is 3.41. The third-order valence-electron chi connectivity index (χ3n) is 3.41. The van der Waals surface area contributed by atoms with Crippen LogP contribution in [0.4, 0.5) is 0 Å². The van der Waals surface area contributed by atoms with E-state index in [2.05, 4.69) is 6.92 Å². The second-order valence-corrected chi connectivity index (χ2v) is 5.36. The van der Waals surface area contributed by atoms with Crippen molar-refractivity contribution in [1.82, 2.24) is 4.90 Å². The maximum atomic E-state index is 11.7. The van der Waals surface area contributed by atoms with Gasteiger partial charge in [-0.3, -0.25) is 14.4 Å². The first-order chi connectivity index (χ1) is 11.4. The van der Waals surface area contributed by atoms with Crippen molar-refractivity contribution in [2.75, 3.05) is 13.2 Å². The minimum atomic E-state index is -0.560. The van der Waals surface area contributed by atoms with Crippen LogP contribution in [0, 0.1) is 0 Å². The fourth-order valence-corrected chi connectivity index (χ4v) is 2.12. The Labute approximate surface area is 141 Å². The highest BCUT2D eigenvalue weighted by Gasteiger charge is 2.29. The lowest BCUT2D eigenvalue weighted by Crippen LogP contribution is -2.33. The predicted molar refractivity (Wildman–Crippen MR) is 88.2 cm³/mol. The second-order valence-electron chi connectivity index (χ2n) is 5.36. The highest BCUT2D eigenvalue weighted by atomic mass is 16.5. The molecular weight excluding hydrogens is 312 g/mol. The van der Waals surface area contributed by atoms with E-state index in [4.69, 9.17) is 10.5 Å². The molecule has 2 amide bonds. The van der Waals surface area contributed by atoms with Crippen LogP contribution in [0.15, 0.2) is 18.2 Å². The fraction of sp³-hybridized carbons (Fsp3) is 0.471. The molecule has 24 heavy (non-hydrogen) atoms. The summed E-state index contributed by atoms with van der Waals surface area (Å²) < 4.78 is 4.79. The van der Waals surface area contributed by atoms with E-state index in [1.54, 1.807) is 19.1 Å². The Morgan fingerprint density at radius 1 is 1.33 bits per heavy atom. The van der Waals surface area contributed by atoms with E-state index < -0.39 is 5.91 Å². The number of amides is 2. The summed E-state index contributed by atoms with van der Waals surface area (Å²) in [4.78, 5) is 34.2. The van der Waals surface area contributed by atoms with E-state index in [1.165, 1.54) is 11.0 Å². The lowest BCUT2D eigenvalue weighted by atomic mass is 10.1. The summed E-state index contributed by atoms with van der Waals surface area (Å²) >= 11 is 0. The Kier molecular flexibility index (Phi) is 7.74. The molecule has 0 unspecified atom stereocenters. The molecule has 7 nitrogen and oxygen atoms in total. The maximum Gasteiger partial charge on any atom is 0.305 e. The quantitative estimate of drug-likeness (QED) is 0.605. The molecule has 1 aliphatic heterocycles. The number of unbranched alkanes of at least 4 members (excludes halogenated alkanes) is 1. The average molecular weight is 336 g/mol. The molecule has 0 saturated heterocycles. The van der Waals surface area contributed by atoms with Crippen molar-refractivity contribution < 1.29 is 24.2 Å². The number of nitrogens with zero attached hydrogens (tertiary/aromatic N) is 1. The zero-order valence-electron chi connectivity index (χ0n) is 14.1. The van der Waals surface area contributed by atoms with Crippen molar-refractivity contribution in [3.05, 3.63) is 29.3 Å². The van der Waals surface area contributed by atoms with Crippen molar-refractivity contribution in [2.24, 2.45) is 5.73 Å². The topological polar surface area (TPSA) is 110 Å². The van der Waals surface area contributed by atoms with Crippen LogP contribution < -0.4 is 5.73 Å². The van der Waals surface area contributed by atoms with Crippen LogP contribution in [0.1, 0.15) is 49.0 Å². The van der Waals surface area contributed by atoms with Crippen LogP contribution in [0.25, 0.3) is 0 Å². The molecule has 3 N–H and O–H groups in total. The molecule has 0 radical (unpaired) electrons. The van der Waals surface area contributed by atoms with E-state index in [0.717, 1.165) is 12.8 Å². The molecule has 0 spiro atoms. The van der Waals surface area contributed by atoms with Crippen LogP contribution in [0.3, 0.4) is 0 Å². The van der Waals surface area contributed by atoms with Crippen molar-refractivity contribution in [2.45, 2.75) is 39.7 Å². The molecule has 0 aliphatic carbocycles. The lowest BCUT2D eigenvalue weighted by Gasteiger charge is -2.12. The molecule has 132 valence electrons. The number of carbonyl (C=O) groups is 3. The van der Waals surface area contributed by atoms with Gasteiger partial charge in [0.15, 0.2) is 0 Å². The molecule has 7 heteroatoms. The number of rotatable bonds is 6. The molecule has 1 aromatic rings. The number of hydrogen-bond acceptors (Lipinski definition) is 5. The number of fused-ring (bicyclic) bond motifs is 1. The van der Waals surface area contributed by atoms with Gasteiger partial charge in [0.2, 0.25) is 5.91 Å². The third kappa shape index (κ3) is 5.57. The van der Waals surface area contributed by atoms with Gasteiger partial charge < -0.3 is 20.5 Å². The molecule has 1 aromatic carbocycles. The Morgan fingerprint density at radius 3 is 2.58 bits per heavy atom. The number of ether oxygens (including phenoxy) is 1. The molecule has 0 fully saturated rings. The summed E-state index contributed by atoms with van der Waals surface area (Å²) in [6, 6.07) is 4.73. The summed E-state index contributed by atoms with van der Waals surface area (Å²) in [7, 11) is 0. The molecule has 1 aliphatic rings. The highest BCUT2D eigenvalue weighted by Crippen LogP contribution is 2.29. The number of esters is 1. The summed E-state index contributed by atoms with van der Waals surface area (Å²) in [5.74, 6) is -0.841. The second kappa shape index (κ2) is 9.54. The van der Waals surface area contributed by atoms with Gasteiger partial charge in [0, 0.05) is 17.5 Å². The maximum absolute atomic E-state index is 11.7. The molecule has 0 saturated carbocycles. The number of phenolic OH excluding ortho intramolecular Hbond substituents is 1. The normalized spacial score (nSPS) is 12.2. The Morgan fingerprint density at radius 2 is 2.04 bits per heavy atom. The van der Waals surface area contributed by atoms with Crippen LogP contribution in [-0.2, 0) is 20.9 Å². The van der Waals surface area contributed by atoms with E-state index in [-0.39, 0.29) is 30.7 Å². The van der Waals surface area contributed by atoms with Crippen LogP contribution in [0.5, 0.6) is 5.75 Å². The van der Waals surface area contributed by atoms with Gasteiger partial charge in [-0.25, -0.2) is 0 Å². The van der Waals surface area contributed by atoms with Crippen LogP contribution >= 0.6 is 0 Å². The highest BCUT2D eigenvalue weighted by molar-refractivity contribution is 6.00. The number of carbonyl (C=O) groups excluding carboxylic acids is 3. The molecule has 1 heterocycles. The van der Waals surface area contributed by atoms with Gasteiger partial charge >= 0.3 is 5.97 Å². The number of primary amides is 1. The minimum Gasteiger partial charge on any atom is -0.508 e. The van der Waals surface area contributed by atoms with Gasteiger partial charge in [-0.05, 0) is 18.6 Å². The first-order valence-electron chi connectivity index (χ1n) is 7.94. The van der Waals surface area contributed by atoms with Gasteiger partial charge in [0.1, 0.15) is 5.75 Å². The largest absolute Gasteiger partial charge is 0.508 e. The average Bonchev–Trinajstić information content (AvgIpc) is 2.85. The van der Waals surface area contributed by atoms with Crippen LogP contribution in [0.2, 0.25) is 0 Å². The van der Waals surface area contributed by atoms with Crippen LogP contribution in [-0.4, -0.2) is 40.9 Å². The van der Waals surface area contributed by atoms with E-state index in [9.17, 15) is 19.5 Å². The smallest absolute Gasteiger partial charge is 0.305 e. The zero-order valence-corrected chi connectivity index (χ0v) is 14.1. The molecule has 2 rings (SSSR count). The van der Waals surface area contributed by atoms with Gasteiger partial charge in [-0.1, -0.05) is 26.3 Å². The Balaban J connectivity index is 0.000000277. The summed E-state index contributed by atoms with van der Waals surface area (Å²) in [5, 5.41) is 9.51. The summed E-state index contributed by atoms with van der Waals surface area (Å²) in [5.41, 5.74) is 6.01. The molecule has 0 aromatic heterocycles. The van der Waals surface area contributed by atoms with Crippen molar-refractivity contribution in [3.63, 3.8) is 0 Å². The fourth-order valence-electron chi connectivity index (χ4n) is 2.12. The van der Waals surface area contributed by atoms with Gasteiger partial charge in [0.05, 0.1) is 19.7 Å². The molecule has 0 bridgehead atoms. The summed E-state index contributed by atoms with van der Waals surface area (Å²) in [6.07, 6.45) is 2.55. The SMILES string of the molecule is CCCCOC(=O)CC.NC(=O)CN1Cc2c(O)cccc2C1=O. The van der Waals surface area contributed by atoms with E-state index in [1.807, 2.05) is 0 Å². The molecular formula is C17H24N2O5. The van der Waals surface area contributed by atoms with Crippen molar-refractivity contribution >= 4 is 17.8 Å². The standard InChI is InChI=1S/C10H10N2O3.C7H14O2/c11-9(14)5-12-4-7-6(10(12)15)2-1-3-8(7)13;1-3-5-6-9-7(8)4-2/h1-3,13H,4-5H2,(H2,11,14);3-6H2,1-2H3. The van der Waals surface area contributed by atoms with Crippen molar-refractivity contribution in [3.8, 4) is 5.75 Å². The van der Waals surface area contributed by atoms with Gasteiger partial charge in [-0.15, -0.1) is 0 Å². The Hall–Kier alpha value is -2.57. The number of hydrogen-bond donors (Lipinski definition) is 2. The number of benzene rings is 1. The van der Waals surface area contributed by atoms with E-state index in [0.29, 0.717) is 24.2 Å². The predicted octanol–water partition coefficient (Wildman–Crippen LogP) is 1.57. The first-order valence-corrected chi connectivity index (χ1v) is 7.94. The lowest BCUT2D eigenvalue weighted by molar-refractivity contribution is -0.143. The zero-order chi connectivity index (χ0) is 18.1. The monoisotopic (exact) mass is 336 g/mol. The number of phenols is 1. The van der Waals surface area contributed by atoms with E-state index >= 15 is 0 Å². The Bertz CT molecular complexity index is 601.